The van der Waals surface area contributed by atoms with E-state index in [9.17, 15) is 27.2 Å². The van der Waals surface area contributed by atoms with Crippen LogP contribution in [-0.2, 0) is 17.4 Å². The standard InChI is InChI=1S/C23H18F4N2O3/c1-32-20-10-9-18(13-19(20)29-22(31)15-3-2-4-17(24)12-15)28-21(30)11-14-5-7-16(8-6-14)23(25,26)27/h2-10,12-13H,11H2,1H3,(H,28,30)(H,29,31). The predicted octanol–water partition coefficient (Wildman–Crippen LogP) is 5.29. The van der Waals surface area contributed by atoms with E-state index < -0.39 is 29.4 Å². The lowest BCUT2D eigenvalue weighted by atomic mass is 10.1. The van der Waals surface area contributed by atoms with Gasteiger partial charge in [0.1, 0.15) is 11.6 Å². The van der Waals surface area contributed by atoms with Gasteiger partial charge in [0.05, 0.1) is 24.8 Å². The van der Waals surface area contributed by atoms with Gasteiger partial charge in [-0.1, -0.05) is 18.2 Å². The van der Waals surface area contributed by atoms with Crippen molar-refractivity contribution < 1.29 is 31.9 Å². The number of anilines is 2. The van der Waals surface area contributed by atoms with Gasteiger partial charge in [0.25, 0.3) is 5.91 Å². The van der Waals surface area contributed by atoms with Crippen LogP contribution in [0.2, 0.25) is 0 Å². The van der Waals surface area contributed by atoms with E-state index in [-0.39, 0.29) is 17.7 Å². The maximum Gasteiger partial charge on any atom is 0.416 e. The fourth-order valence-corrected chi connectivity index (χ4v) is 2.91. The highest BCUT2D eigenvalue weighted by Gasteiger charge is 2.30. The van der Waals surface area contributed by atoms with Crippen molar-refractivity contribution >= 4 is 23.2 Å². The van der Waals surface area contributed by atoms with Crippen molar-refractivity contribution in [3.8, 4) is 5.75 Å². The summed E-state index contributed by atoms with van der Waals surface area (Å²) in [6.07, 6.45) is -4.59. The van der Waals surface area contributed by atoms with Crippen molar-refractivity contribution in [3.63, 3.8) is 0 Å². The minimum Gasteiger partial charge on any atom is -0.495 e. The van der Waals surface area contributed by atoms with E-state index in [1.807, 2.05) is 0 Å². The highest BCUT2D eigenvalue weighted by atomic mass is 19.4. The number of halogens is 4. The molecule has 5 nitrogen and oxygen atoms in total. The summed E-state index contributed by atoms with van der Waals surface area (Å²) < 4.78 is 56.5. The molecule has 3 rings (SSSR count). The molecule has 0 aliphatic carbocycles. The molecule has 0 saturated heterocycles. The molecule has 0 atom stereocenters. The SMILES string of the molecule is COc1ccc(NC(=O)Cc2ccc(C(F)(F)F)cc2)cc1NC(=O)c1cccc(F)c1. The molecule has 0 aliphatic rings. The van der Waals surface area contributed by atoms with Crippen LogP contribution in [0.4, 0.5) is 28.9 Å². The number of benzene rings is 3. The number of ether oxygens (including phenoxy) is 1. The second-order valence-corrected chi connectivity index (χ2v) is 6.80. The van der Waals surface area contributed by atoms with E-state index in [4.69, 9.17) is 4.74 Å². The minimum absolute atomic E-state index is 0.101. The number of amides is 2. The van der Waals surface area contributed by atoms with Gasteiger partial charge >= 0.3 is 6.18 Å². The number of hydrogen-bond donors (Lipinski definition) is 2. The molecule has 0 radical (unpaired) electrons. The average Bonchev–Trinajstić information content (AvgIpc) is 2.73. The molecule has 9 heteroatoms. The first-order valence-corrected chi connectivity index (χ1v) is 9.36. The van der Waals surface area contributed by atoms with Crippen LogP contribution in [-0.4, -0.2) is 18.9 Å². The molecule has 0 aromatic heterocycles. The molecule has 0 bridgehead atoms. The van der Waals surface area contributed by atoms with Gasteiger partial charge in [0, 0.05) is 11.3 Å². The van der Waals surface area contributed by atoms with Crippen LogP contribution in [0.1, 0.15) is 21.5 Å². The Labute approximate surface area is 181 Å². The zero-order valence-electron chi connectivity index (χ0n) is 16.8. The Balaban J connectivity index is 1.70. The number of alkyl halides is 3. The Morgan fingerprint density at radius 3 is 2.28 bits per heavy atom. The second kappa shape index (κ2) is 9.51. The summed E-state index contributed by atoms with van der Waals surface area (Å²) in [5.74, 6) is -1.28. The molecule has 3 aromatic carbocycles. The lowest BCUT2D eigenvalue weighted by molar-refractivity contribution is -0.137. The number of nitrogens with one attached hydrogen (secondary N) is 2. The van der Waals surface area contributed by atoms with E-state index in [0.717, 1.165) is 18.2 Å². The van der Waals surface area contributed by atoms with Crippen LogP contribution in [0.3, 0.4) is 0 Å². The summed E-state index contributed by atoms with van der Waals surface area (Å²) in [6.45, 7) is 0. The zero-order valence-corrected chi connectivity index (χ0v) is 16.8. The van der Waals surface area contributed by atoms with Gasteiger partial charge in [-0.3, -0.25) is 9.59 Å². The molecule has 0 heterocycles. The monoisotopic (exact) mass is 446 g/mol. The van der Waals surface area contributed by atoms with E-state index in [2.05, 4.69) is 10.6 Å². The highest BCUT2D eigenvalue weighted by molar-refractivity contribution is 6.05. The number of carbonyl (C=O) groups excluding carboxylic acids is 2. The molecule has 0 saturated carbocycles. The van der Waals surface area contributed by atoms with Crippen molar-refractivity contribution in [1.82, 2.24) is 0 Å². The summed E-state index contributed by atoms with van der Waals surface area (Å²) in [7, 11) is 1.40. The van der Waals surface area contributed by atoms with Crippen LogP contribution in [0.15, 0.2) is 66.7 Å². The van der Waals surface area contributed by atoms with Gasteiger partial charge < -0.3 is 15.4 Å². The van der Waals surface area contributed by atoms with Gasteiger partial charge in [-0.05, 0) is 54.1 Å². The molecule has 32 heavy (non-hydrogen) atoms. The first-order chi connectivity index (χ1) is 15.2. The molecule has 166 valence electrons. The van der Waals surface area contributed by atoms with Gasteiger partial charge in [0.15, 0.2) is 0 Å². The molecule has 2 amide bonds. The first-order valence-electron chi connectivity index (χ1n) is 9.36. The fourth-order valence-electron chi connectivity index (χ4n) is 2.91. The molecule has 0 aliphatic heterocycles. The van der Waals surface area contributed by atoms with Crippen LogP contribution >= 0.6 is 0 Å². The minimum atomic E-state index is -4.45. The fraction of sp³-hybridized carbons (Fsp3) is 0.130. The quantitative estimate of drug-likeness (QED) is 0.506. The van der Waals surface area contributed by atoms with Gasteiger partial charge in [-0.25, -0.2) is 4.39 Å². The summed E-state index contributed by atoms with van der Waals surface area (Å²) in [5.41, 5.74) is 0.286. The molecular formula is C23H18F4N2O3. The molecule has 0 fully saturated rings. The number of hydrogen-bond acceptors (Lipinski definition) is 3. The molecule has 0 unspecified atom stereocenters. The lowest BCUT2D eigenvalue weighted by Crippen LogP contribution is -2.16. The molecule has 2 N–H and O–H groups in total. The molecule has 0 spiro atoms. The Hall–Kier alpha value is -3.88. The Morgan fingerprint density at radius 2 is 1.66 bits per heavy atom. The van der Waals surface area contributed by atoms with Crippen molar-refractivity contribution in [2.45, 2.75) is 12.6 Å². The third-order valence-electron chi connectivity index (χ3n) is 4.46. The van der Waals surface area contributed by atoms with Gasteiger partial charge in [-0.15, -0.1) is 0 Å². The Bertz CT molecular complexity index is 1130. The zero-order chi connectivity index (χ0) is 23.3. The summed E-state index contributed by atoms with van der Waals surface area (Å²) in [6, 6.07) is 14.0. The van der Waals surface area contributed by atoms with Crippen molar-refractivity contribution in [2.75, 3.05) is 17.7 Å². The van der Waals surface area contributed by atoms with Gasteiger partial charge in [0.2, 0.25) is 5.91 Å². The number of methoxy groups -OCH3 is 1. The largest absolute Gasteiger partial charge is 0.495 e. The normalized spacial score (nSPS) is 11.0. The maximum atomic E-state index is 13.4. The topological polar surface area (TPSA) is 67.4 Å². The number of carbonyl (C=O) groups is 2. The second-order valence-electron chi connectivity index (χ2n) is 6.80. The predicted molar refractivity (Wildman–Crippen MR) is 111 cm³/mol. The van der Waals surface area contributed by atoms with E-state index in [1.165, 1.54) is 49.6 Å². The number of rotatable bonds is 6. The van der Waals surface area contributed by atoms with Crippen molar-refractivity contribution in [1.29, 1.82) is 0 Å². The third kappa shape index (κ3) is 5.84. The maximum absolute atomic E-state index is 13.4. The average molecular weight is 446 g/mol. The summed E-state index contributed by atoms with van der Waals surface area (Å²) >= 11 is 0. The van der Waals surface area contributed by atoms with E-state index >= 15 is 0 Å². The third-order valence-corrected chi connectivity index (χ3v) is 4.46. The Kier molecular flexibility index (Phi) is 6.77. The van der Waals surface area contributed by atoms with E-state index in [0.29, 0.717) is 17.0 Å². The first kappa shape index (κ1) is 22.8. The molecular weight excluding hydrogens is 428 g/mol. The summed E-state index contributed by atoms with van der Waals surface area (Å²) in [5, 5.41) is 5.22. The summed E-state index contributed by atoms with van der Waals surface area (Å²) in [4.78, 5) is 24.7. The lowest BCUT2D eigenvalue weighted by Gasteiger charge is -2.13. The Morgan fingerprint density at radius 1 is 0.938 bits per heavy atom. The van der Waals surface area contributed by atoms with Crippen LogP contribution < -0.4 is 15.4 Å². The van der Waals surface area contributed by atoms with Gasteiger partial charge in [-0.2, -0.15) is 13.2 Å². The van der Waals surface area contributed by atoms with Crippen molar-refractivity contribution in [2.24, 2.45) is 0 Å². The highest BCUT2D eigenvalue weighted by Crippen LogP contribution is 2.30. The smallest absolute Gasteiger partial charge is 0.416 e. The molecule has 3 aromatic rings. The van der Waals surface area contributed by atoms with E-state index in [1.54, 1.807) is 6.07 Å². The van der Waals surface area contributed by atoms with Crippen LogP contribution in [0.25, 0.3) is 0 Å². The van der Waals surface area contributed by atoms with Crippen molar-refractivity contribution in [3.05, 3.63) is 89.2 Å². The van der Waals surface area contributed by atoms with Crippen LogP contribution in [0.5, 0.6) is 5.75 Å². The van der Waals surface area contributed by atoms with Crippen LogP contribution in [0, 0.1) is 5.82 Å².